The van der Waals surface area contributed by atoms with Crippen LogP contribution >= 0.6 is 46.4 Å². The summed E-state index contributed by atoms with van der Waals surface area (Å²) in [7, 11) is 2.72. The van der Waals surface area contributed by atoms with Gasteiger partial charge in [0.25, 0.3) is 0 Å². The lowest BCUT2D eigenvalue weighted by atomic mass is 10.0. The normalized spacial score (nSPS) is 10.9. The molecule has 11 heteroatoms. The number of halogens is 5. The van der Waals surface area contributed by atoms with Gasteiger partial charge in [-0.25, -0.2) is 4.39 Å². The van der Waals surface area contributed by atoms with Gasteiger partial charge in [0.1, 0.15) is 43.9 Å². The molecular weight excluding hydrogens is 541 g/mol. The van der Waals surface area contributed by atoms with Gasteiger partial charge in [0.2, 0.25) is 11.6 Å². The zero-order chi connectivity index (χ0) is 25.4. The Balaban J connectivity index is 1.97. The number of hydrogen-bond donors (Lipinski definition) is 1. The molecule has 1 N–H and O–H groups in total. The number of benzene rings is 2. The molecule has 4 aromatic rings. The molecule has 0 spiro atoms. The highest BCUT2D eigenvalue weighted by molar-refractivity contribution is 6.45. The van der Waals surface area contributed by atoms with E-state index in [1.165, 1.54) is 32.4 Å². The average Bonchev–Trinajstić information content (AvgIpc) is 3.32. The van der Waals surface area contributed by atoms with E-state index in [2.05, 4.69) is 4.98 Å². The van der Waals surface area contributed by atoms with Crippen LogP contribution in [0.1, 0.15) is 32.1 Å². The Morgan fingerprint density at radius 1 is 0.914 bits per heavy atom. The van der Waals surface area contributed by atoms with Crippen molar-refractivity contribution < 1.29 is 23.5 Å². The van der Waals surface area contributed by atoms with Crippen molar-refractivity contribution in [2.45, 2.75) is 0 Å². The largest absolute Gasteiger partial charge is 0.496 e. The molecule has 0 saturated heterocycles. The van der Waals surface area contributed by atoms with E-state index in [1.54, 1.807) is 24.3 Å². The summed E-state index contributed by atoms with van der Waals surface area (Å²) in [4.78, 5) is 29.8. The second-order valence-corrected chi connectivity index (χ2v) is 8.68. The van der Waals surface area contributed by atoms with Gasteiger partial charge in [0, 0.05) is 0 Å². The number of nitrogens with zero attached hydrogens (tertiary/aromatic N) is 1. The lowest BCUT2D eigenvalue weighted by Crippen LogP contribution is -2.15. The standard InChI is InChI=1S/C24H15Cl4FN2O4/c1-34-15-8-4-3-6-11(15)21(32)19-20(18(26)23(27)30-19)31-14(10-12(25)24(31)28)22(33)17-13(29)7-5-9-16(17)35-2/h3-10,30H,1-2H3. The van der Waals surface area contributed by atoms with Crippen molar-refractivity contribution in [2.24, 2.45) is 0 Å². The van der Waals surface area contributed by atoms with Crippen LogP contribution in [0.2, 0.25) is 20.4 Å². The van der Waals surface area contributed by atoms with Gasteiger partial charge in [-0.05, 0) is 30.3 Å². The second kappa shape index (κ2) is 9.95. The van der Waals surface area contributed by atoms with E-state index in [0.29, 0.717) is 5.75 Å². The van der Waals surface area contributed by atoms with Crippen LogP contribution in [-0.2, 0) is 0 Å². The molecule has 0 bridgehead atoms. The molecule has 0 amide bonds. The van der Waals surface area contributed by atoms with Crippen molar-refractivity contribution in [1.82, 2.24) is 9.55 Å². The quantitative estimate of drug-likeness (QED) is 0.248. The summed E-state index contributed by atoms with van der Waals surface area (Å²) in [5, 5.41) is -0.359. The molecule has 180 valence electrons. The molecule has 0 fully saturated rings. The summed E-state index contributed by atoms with van der Waals surface area (Å²) < 4.78 is 26.3. The van der Waals surface area contributed by atoms with E-state index in [1.807, 2.05) is 0 Å². The molecule has 6 nitrogen and oxygen atoms in total. The van der Waals surface area contributed by atoms with Gasteiger partial charge in [-0.15, -0.1) is 0 Å². The first-order valence-corrected chi connectivity index (χ1v) is 11.4. The van der Waals surface area contributed by atoms with Gasteiger partial charge in [0.15, 0.2) is 0 Å². The van der Waals surface area contributed by atoms with Crippen LogP contribution < -0.4 is 9.47 Å². The Labute approximate surface area is 219 Å². The van der Waals surface area contributed by atoms with Crippen molar-refractivity contribution in [2.75, 3.05) is 14.2 Å². The zero-order valence-corrected chi connectivity index (χ0v) is 21.1. The highest BCUT2D eigenvalue weighted by Crippen LogP contribution is 2.40. The summed E-state index contributed by atoms with van der Waals surface area (Å²) in [6.07, 6.45) is 0. The monoisotopic (exact) mass is 554 g/mol. The van der Waals surface area contributed by atoms with E-state index in [-0.39, 0.29) is 54.3 Å². The highest BCUT2D eigenvalue weighted by Gasteiger charge is 2.31. The third-order valence-corrected chi connectivity index (χ3v) is 6.73. The Morgan fingerprint density at radius 2 is 1.57 bits per heavy atom. The van der Waals surface area contributed by atoms with E-state index in [4.69, 9.17) is 55.9 Å². The van der Waals surface area contributed by atoms with Crippen LogP contribution in [0.15, 0.2) is 48.5 Å². The Morgan fingerprint density at radius 3 is 2.26 bits per heavy atom. The fraction of sp³-hybridized carbons (Fsp3) is 0.0833. The maximum Gasteiger partial charge on any atom is 0.216 e. The first kappa shape index (κ1) is 25.1. The van der Waals surface area contributed by atoms with Crippen molar-refractivity contribution in [3.63, 3.8) is 0 Å². The topological polar surface area (TPSA) is 73.3 Å². The third kappa shape index (κ3) is 4.29. The van der Waals surface area contributed by atoms with Crippen LogP contribution in [0.25, 0.3) is 5.69 Å². The summed E-state index contributed by atoms with van der Waals surface area (Å²) >= 11 is 25.4. The molecule has 4 rings (SSSR count). The SMILES string of the molecule is COc1ccccc1C(=O)c1[nH]c(Cl)c(Cl)c1-n1c(C(=O)c2c(F)cccc2OC)cc(Cl)c1Cl. The number of rotatable bonds is 7. The lowest BCUT2D eigenvalue weighted by molar-refractivity contribution is 0.101. The summed E-state index contributed by atoms with van der Waals surface area (Å²) in [5.41, 5.74) is -0.451. The van der Waals surface area contributed by atoms with E-state index >= 15 is 0 Å². The van der Waals surface area contributed by atoms with Crippen LogP contribution in [0, 0.1) is 5.82 Å². The number of H-pyrrole nitrogens is 1. The maximum atomic E-state index is 14.7. The zero-order valence-electron chi connectivity index (χ0n) is 18.1. The third-order valence-electron chi connectivity index (χ3n) is 5.23. The Kier molecular flexibility index (Phi) is 7.15. The number of methoxy groups -OCH3 is 2. The van der Waals surface area contributed by atoms with Crippen LogP contribution in [0.3, 0.4) is 0 Å². The minimum absolute atomic E-state index is 0.00138. The highest BCUT2D eigenvalue weighted by atomic mass is 35.5. The molecule has 0 saturated carbocycles. The van der Waals surface area contributed by atoms with Crippen LogP contribution in [-0.4, -0.2) is 35.3 Å². The number of aromatic amines is 1. The molecule has 0 aliphatic heterocycles. The van der Waals surface area contributed by atoms with Gasteiger partial charge in [0.05, 0.1) is 36.2 Å². The van der Waals surface area contributed by atoms with Gasteiger partial charge >= 0.3 is 0 Å². The number of aromatic nitrogens is 2. The number of carbonyl (C=O) groups is 2. The molecule has 0 unspecified atom stereocenters. The number of ketones is 2. The molecule has 2 aromatic heterocycles. The van der Waals surface area contributed by atoms with Crippen molar-refractivity contribution >= 4 is 58.0 Å². The fourth-order valence-electron chi connectivity index (χ4n) is 3.64. The van der Waals surface area contributed by atoms with Gasteiger partial charge < -0.3 is 14.5 Å². The molecule has 0 aliphatic carbocycles. The summed E-state index contributed by atoms with van der Waals surface area (Å²) in [5.74, 6) is -1.88. The van der Waals surface area contributed by atoms with E-state index < -0.39 is 17.4 Å². The lowest BCUT2D eigenvalue weighted by Gasteiger charge is -2.14. The molecule has 2 heterocycles. The van der Waals surface area contributed by atoms with Crippen molar-refractivity contribution in [3.8, 4) is 17.2 Å². The summed E-state index contributed by atoms with van der Waals surface area (Å²) in [6, 6.07) is 11.7. The number of para-hydroxylation sites is 1. The number of carbonyl (C=O) groups excluding carboxylic acids is 2. The maximum absolute atomic E-state index is 14.7. The van der Waals surface area contributed by atoms with Crippen molar-refractivity contribution in [1.29, 1.82) is 0 Å². The van der Waals surface area contributed by atoms with Gasteiger partial charge in [-0.1, -0.05) is 64.6 Å². The van der Waals surface area contributed by atoms with Crippen LogP contribution in [0.5, 0.6) is 11.5 Å². The first-order valence-electron chi connectivity index (χ1n) is 9.90. The van der Waals surface area contributed by atoms with Gasteiger partial charge in [-0.3, -0.25) is 14.2 Å². The summed E-state index contributed by atoms with van der Waals surface area (Å²) in [6.45, 7) is 0. The fourth-order valence-corrected chi connectivity index (χ4v) is 4.47. The van der Waals surface area contributed by atoms with Crippen molar-refractivity contribution in [3.05, 3.63) is 97.2 Å². The predicted octanol–water partition coefficient (Wildman–Crippen LogP) is 7.04. The molecule has 0 aliphatic rings. The Hall–Kier alpha value is -2.97. The predicted molar refractivity (Wildman–Crippen MR) is 133 cm³/mol. The number of hydrogen-bond acceptors (Lipinski definition) is 4. The Bertz CT molecular complexity index is 1480. The smallest absolute Gasteiger partial charge is 0.216 e. The van der Waals surface area contributed by atoms with Crippen LogP contribution in [0.4, 0.5) is 4.39 Å². The molecule has 2 aromatic carbocycles. The molecular formula is C24H15Cl4FN2O4. The minimum Gasteiger partial charge on any atom is -0.496 e. The second-order valence-electron chi connectivity index (χ2n) is 7.16. The van der Waals surface area contributed by atoms with E-state index in [9.17, 15) is 14.0 Å². The van der Waals surface area contributed by atoms with Gasteiger partial charge in [-0.2, -0.15) is 0 Å². The first-order chi connectivity index (χ1) is 16.7. The molecule has 0 radical (unpaired) electrons. The molecule has 35 heavy (non-hydrogen) atoms. The minimum atomic E-state index is -0.821. The number of ether oxygens (including phenoxy) is 2. The van der Waals surface area contributed by atoms with E-state index in [0.717, 1.165) is 10.6 Å². The molecule has 0 atom stereocenters. The number of nitrogens with one attached hydrogen (secondary N) is 1. The average molecular weight is 556 g/mol.